The van der Waals surface area contributed by atoms with Crippen molar-refractivity contribution in [2.75, 3.05) is 18.5 Å². The Bertz CT molecular complexity index is 1290. The summed E-state index contributed by atoms with van der Waals surface area (Å²) in [6.07, 6.45) is 0.0855. The number of ether oxygens (including phenoxy) is 2. The van der Waals surface area contributed by atoms with E-state index in [0.29, 0.717) is 39.8 Å². The molecule has 0 fully saturated rings. The van der Waals surface area contributed by atoms with Gasteiger partial charge in [0, 0.05) is 22.8 Å². The quantitative estimate of drug-likeness (QED) is 0.444. The van der Waals surface area contributed by atoms with Gasteiger partial charge in [0.15, 0.2) is 18.1 Å². The van der Waals surface area contributed by atoms with E-state index in [1.807, 2.05) is 0 Å². The summed E-state index contributed by atoms with van der Waals surface area (Å²) in [5, 5.41) is 12.6. The number of benzene rings is 2. The number of carboxylic acid groups (broad SMARTS) is 1. The molecule has 0 saturated carbocycles. The van der Waals surface area contributed by atoms with Crippen molar-refractivity contribution in [2.45, 2.75) is 19.3 Å². The lowest BCUT2D eigenvalue weighted by Gasteiger charge is -2.24. The van der Waals surface area contributed by atoms with Crippen LogP contribution in [-0.4, -0.2) is 36.1 Å². The first kappa shape index (κ1) is 23.2. The number of fused-ring (bicyclic) bond motifs is 1. The third kappa shape index (κ3) is 4.58. The zero-order valence-corrected chi connectivity index (χ0v) is 18.9. The lowest BCUT2D eigenvalue weighted by atomic mass is 9.88. The van der Waals surface area contributed by atoms with E-state index in [-0.39, 0.29) is 29.4 Å². The molecule has 0 saturated heterocycles. The van der Waals surface area contributed by atoms with E-state index in [4.69, 9.17) is 15.2 Å². The maximum Gasteiger partial charge on any atom is 0.346 e. The molecule has 4 N–H and O–H groups in total. The summed E-state index contributed by atoms with van der Waals surface area (Å²) >= 11 is 1.04. The molecular weight excluding hydrogens is 463 g/mol. The molecule has 10 heteroatoms. The summed E-state index contributed by atoms with van der Waals surface area (Å²) < 4.78 is 25.0. The molecule has 34 heavy (non-hydrogen) atoms. The number of rotatable bonds is 8. The Morgan fingerprint density at radius 1 is 1.21 bits per heavy atom. The summed E-state index contributed by atoms with van der Waals surface area (Å²) in [4.78, 5) is 36.5. The number of primary amides is 1. The Morgan fingerprint density at radius 2 is 2.00 bits per heavy atom. The fraction of sp³-hybridized carbons (Fsp3) is 0.208. The number of carboxylic acids is 1. The van der Waals surface area contributed by atoms with Crippen LogP contribution in [0.15, 0.2) is 42.5 Å². The van der Waals surface area contributed by atoms with E-state index in [1.165, 1.54) is 18.2 Å². The molecule has 2 amide bonds. The normalized spacial score (nSPS) is 14.8. The van der Waals surface area contributed by atoms with Crippen molar-refractivity contribution in [1.82, 2.24) is 0 Å². The van der Waals surface area contributed by atoms with Crippen molar-refractivity contribution >= 4 is 34.8 Å². The number of carbonyl (C=O) groups is 3. The van der Waals surface area contributed by atoms with Gasteiger partial charge in [-0.15, -0.1) is 11.3 Å². The van der Waals surface area contributed by atoms with Crippen LogP contribution in [0.3, 0.4) is 0 Å². The highest BCUT2D eigenvalue weighted by Gasteiger charge is 2.35. The van der Waals surface area contributed by atoms with Gasteiger partial charge in [0.25, 0.3) is 5.91 Å². The topological polar surface area (TPSA) is 128 Å². The number of anilines is 1. The molecule has 1 unspecified atom stereocenters. The predicted octanol–water partition coefficient (Wildman–Crippen LogP) is 3.99. The summed E-state index contributed by atoms with van der Waals surface area (Å²) in [5.41, 5.74) is 6.86. The van der Waals surface area contributed by atoms with Crippen LogP contribution < -0.4 is 20.5 Å². The van der Waals surface area contributed by atoms with Crippen LogP contribution in [0.4, 0.5) is 10.1 Å². The highest BCUT2D eigenvalue weighted by molar-refractivity contribution is 7.15. The highest BCUT2D eigenvalue weighted by Crippen LogP contribution is 2.50. The van der Waals surface area contributed by atoms with Gasteiger partial charge in [-0.25, -0.2) is 9.18 Å². The lowest BCUT2D eigenvalue weighted by molar-refractivity contribution is -0.120. The number of aromatic carboxylic acids is 1. The number of nitrogens with two attached hydrogens (primary N) is 1. The molecule has 1 atom stereocenters. The van der Waals surface area contributed by atoms with Crippen LogP contribution in [0.5, 0.6) is 11.5 Å². The molecule has 1 aliphatic rings. The van der Waals surface area contributed by atoms with Gasteiger partial charge in [-0.1, -0.05) is 18.2 Å². The Morgan fingerprint density at radius 3 is 2.68 bits per heavy atom. The van der Waals surface area contributed by atoms with E-state index in [1.54, 1.807) is 31.2 Å². The molecule has 3 aromatic rings. The monoisotopic (exact) mass is 484 g/mol. The molecule has 4 rings (SSSR count). The van der Waals surface area contributed by atoms with Crippen molar-refractivity contribution in [3.8, 4) is 22.6 Å². The molecule has 0 bridgehead atoms. The van der Waals surface area contributed by atoms with E-state index in [2.05, 4.69) is 5.32 Å². The van der Waals surface area contributed by atoms with Gasteiger partial charge in [-0.3, -0.25) is 9.59 Å². The maximum atomic E-state index is 13.9. The second kappa shape index (κ2) is 9.52. The molecular formula is C24H21FN2O6S. The van der Waals surface area contributed by atoms with Gasteiger partial charge in [0.2, 0.25) is 5.91 Å². The minimum absolute atomic E-state index is 0.00856. The molecule has 2 heterocycles. The highest BCUT2D eigenvalue weighted by atomic mass is 32.1. The predicted molar refractivity (Wildman–Crippen MR) is 124 cm³/mol. The van der Waals surface area contributed by atoms with Crippen molar-refractivity contribution in [1.29, 1.82) is 0 Å². The second-order valence-electron chi connectivity index (χ2n) is 7.56. The fourth-order valence-electron chi connectivity index (χ4n) is 3.90. The largest absolute Gasteiger partial charge is 0.490 e. The maximum absolute atomic E-state index is 13.9. The fourth-order valence-corrected chi connectivity index (χ4v) is 5.15. The third-order valence-electron chi connectivity index (χ3n) is 5.25. The van der Waals surface area contributed by atoms with Crippen molar-refractivity contribution in [2.24, 2.45) is 5.73 Å². The van der Waals surface area contributed by atoms with Gasteiger partial charge >= 0.3 is 5.97 Å². The van der Waals surface area contributed by atoms with Gasteiger partial charge in [-0.2, -0.15) is 0 Å². The number of thiophene rings is 1. The first-order valence-corrected chi connectivity index (χ1v) is 11.2. The van der Waals surface area contributed by atoms with Crippen molar-refractivity contribution < 1.29 is 33.4 Å². The van der Waals surface area contributed by atoms with Gasteiger partial charge in [-0.05, 0) is 42.3 Å². The zero-order valence-electron chi connectivity index (χ0n) is 18.1. The molecule has 176 valence electrons. The third-order valence-corrected chi connectivity index (χ3v) is 6.54. The molecule has 2 aromatic carbocycles. The Balaban J connectivity index is 1.83. The first-order valence-electron chi connectivity index (χ1n) is 10.4. The van der Waals surface area contributed by atoms with E-state index in [0.717, 1.165) is 11.3 Å². The molecule has 0 aliphatic carbocycles. The number of carbonyl (C=O) groups excluding carboxylic acids is 2. The minimum atomic E-state index is -1.17. The molecule has 0 radical (unpaired) electrons. The standard InChI is InChI=1S/C24H21FN2O6S/c1-2-32-17-9-12(6-7-16(17)33-11-18(26)28)15-10-19(29)27-21-20(13-4-3-5-14(25)8-13)23(24(30)31)34-22(15)21/h3-9,15H,2,10-11H2,1H3,(H2,26,28)(H,27,29)(H,30,31). The Hall–Kier alpha value is -3.92. The first-order chi connectivity index (χ1) is 16.3. The van der Waals surface area contributed by atoms with Gasteiger partial charge < -0.3 is 25.6 Å². The SMILES string of the molecule is CCOc1cc(C2CC(=O)Nc3c2sc(C(=O)O)c3-c2cccc(F)c2)ccc1OCC(N)=O. The smallest absolute Gasteiger partial charge is 0.346 e. The number of nitrogens with one attached hydrogen (secondary N) is 1. The summed E-state index contributed by atoms with van der Waals surface area (Å²) in [7, 11) is 0. The average Bonchev–Trinajstić information content (AvgIpc) is 3.17. The van der Waals surface area contributed by atoms with Crippen LogP contribution >= 0.6 is 11.3 Å². The zero-order chi connectivity index (χ0) is 24.4. The van der Waals surface area contributed by atoms with Crippen LogP contribution in [0, 0.1) is 5.82 Å². The van der Waals surface area contributed by atoms with Gasteiger partial charge in [0.1, 0.15) is 10.7 Å². The van der Waals surface area contributed by atoms with Gasteiger partial charge in [0.05, 0.1) is 12.3 Å². The Kier molecular flexibility index (Phi) is 6.51. The number of hydrogen-bond donors (Lipinski definition) is 3. The molecule has 1 aromatic heterocycles. The van der Waals surface area contributed by atoms with E-state index < -0.39 is 23.6 Å². The number of amides is 2. The van der Waals surface area contributed by atoms with Crippen molar-refractivity contribution in [3.63, 3.8) is 0 Å². The molecule has 1 aliphatic heterocycles. The summed E-state index contributed by atoms with van der Waals surface area (Å²) in [5.74, 6) is -2.38. The average molecular weight is 485 g/mol. The molecule has 0 spiro atoms. The number of halogens is 1. The van der Waals surface area contributed by atoms with Crippen LogP contribution in [0.1, 0.15) is 39.4 Å². The van der Waals surface area contributed by atoms with E-state index >= 15 is 0 Å². The lowest BCUT2D eigenvalue weighted by Crippen LogP contribution is -2.22. The van der Waals surface area contributed by atoms with Crippen LogP contribution in [0.25, 0.3) is 11.1 Å². The van der Waals surface area contributed by atoms with Crippen LogP contribution in [-0.2, 0) is 9.59 Å². The Labute approximate surface area is 198 Å². The summed E-state index contributed by atoms with van der Waals surface area (Å²) in [6.45, 7) is 1.80. The molecule has 8 nitrogen and oxygen atoms in total. The van der Waals surface area contributed by atoms with E-state index in [9.17, 15) is 23.9 Å². The summed E-state index contributed by atoms with van der Waals surface area (Å²) in [6, 6.07) is 10.6. The number of hydrogen-bond acceptors (Lipinski definition) is 6. The second-order valence-corrected chi connectivity index (χ2v) is 8.61. The minimum Gasteiger partial charge on any atom is -0.490 e. The van der Waals surface area contributed by atoms with Crippen molar-refractivity contribution in [3.05, 3.63) is 63.6 Å². The van der Waals surface area contributed by atoms with Crippen LogP contribution in [0.2, 0.25) is 0 Å².